The van der Waals surface area contributed by atoms with Gasteiger partial charge < -0.3 is 5.32 Å². The summed E-state index contributed by atoms with van der Waals surface area (Å²) in [6.07, 6.45) is 5.79. The number of carbonyl (C=O) groups excluding carboxylic acids is 1. The number of hydrogen-bond acceptors (Lipinski definition) is 4. The average molecular weight is 388 g/mol. The second kappa shape index (κ2) is 7.59. The smallest absolute Gasteiger partial charge is 0.251 e. The van der Waals surface area contributed by atoms with Crippen molar-refractivity contribution < 1.29 is 4.79 Å². The van der Waals surface area contributed by atoms with Crippen LogP contribution in [0.3, 0.4) is 0 Å². The predicted octanol–water partition coefficient (Wildman–Crippen LogP) is 4.10. The number of nitrogens with zero attached hydrogens (tertiary/aromatic N) is 2. The Bertz CT molecular complexity index is 788. The van der Waals surface area contributed by atoms with E-state index in [4.69, 9.17) is 11.6 Å². The minimum atomic E-state index is 0.0246. The number of amides is 1. The second-order valence-corrected chi connectivity index (χ2v) is 8.66. The number of rotatable bonds is 4. The summed E-state index contributed by atoms with van der Waals surface area (Å²) in [6.45, 7) is 4.57. The van der Waals surface area contributed by atoms with Gasteiger partial charge in [-0.2, -0.15) is 0 Å². The quantitative estimate of drug-likeness (QED) is 0.857. The standard InChI is InChI=1S/C20H22ClN3OS/c1-13-19(14-6-8-24(13)9-7-14)23-20(25)15-2-4-17(5-3-15)26-18-10-16(21)11-22-12-18/h2-5,10-14,19H,6-9H2,1H3,(H,23,25)/t13-,19-/m0/s1. The molecule has 26 heavy (non-hydrogen) atoms. The molecule has 3 fully saturated rings. The zero-order valence-corrected chi connectivity index (χ0v) is 16.3. The largest absolute Gasteiger partial charge is 0.347 e. The van der Waals surface area contributed by atoms with Crippen molar-refractivity contribution in [2.24, 2.45) is 5.92 Å². The first-order valence-electron chi connectivity index (χ1n) is 9.03. The molecule has 0 saturated carbocycles. The van der Waals surface area contributed by atoms with Crippen molar-refractivity contribution in [1.82, 2.24) is 15.2 Å². The lowest BCUT2D eigenvalue weighted by atomic mass is 9.79. The van der Waals surface area contributed by atoms with Crippen molar-refractivity contribution in [3.63, 3.8) is 0 Å². The highest BCUT2D eigenvalue weighted by Crippen LogP contribution is 2.32. The third kappa shape index (κ3) is 3.75. The van der Waals surface area contributed by atoms with Gasteiger partial charge in [-0.3, -0.25) is 14.7 Å². The third-order valence-electron chi connectivity index (χ3n) is 5.51. The molecule has 6 heteroatoms. The number of hydrogen-bond donors (Lipinski definition) is 1. The molecule has 1 aromatic carbocycles. The van der Waals surface area contributed by atoms with Crippen LogP contribution >= 0.6 is 23.4 Å². The highest BCUT2D eigenvalue weighted by atomic mass is 35.5. The van der Waals surface area contributed by atoms with Crippen molar-refractivity contribution >= 4 is 29.3 Å². The van der Waals surface area contributed by atoms with Gasteiger partial charge in [0.1, 0.15) is 0 Å². The summed E-state index contributed by atoms with van der Waals surface area (Å²) in [7, 11) is 0. The number of benzene rings is 1. The van der Waals surface area contributed by atoms with Gasteiger partial charge in [0.15, 0.2) is 0 Å². The topological polar surface area (TPSA) is 45.2 Å². The van der Waals surface area contributed by atoms with Crippen LogP contribution in [0.5, 0.6) is 0 Å². The Labute approximate surface area is 163 Å². The first-order valence-corrected chi connectivity index (χ1v) is 10.2. The number of fused-ring (bicyclic) bond motifs is 3. The maximum atomic E-state index is 12.7. The van der Waals surface area contributed by atoms with Crippen LogP contribution in [0.2, 0.25) is 5.02 Å². The fourth-order valence-corrected chi connectivity index (χ4v) is 5.12. The lowest BCUT2D eigenvalue weighted by Crippen LogP contribution is -2.62. The summed E-state index contributed by atoms with van der Waals surface area (Å²) < 4.78 is 0. The molecular formula is C20H22ClN3OS. The summed E-state index contributed by atoms with van der Waals surface area (Å²) in [5, 5.41) is 3.90. The Morgan fingerprint density at radius 2 is 1.92 bits per heavy atom. The molecule has 3 aliphatic heterocycles. The van der Waals surface area contributed by atoms with Crippen molar-refractivity contribution in [2.75, 3.05) is 13.1 Å². The van der Waals surface area contributed by atoms with E-state index in [2.05, 4.69) is 22.1 Å². The van der Waals surface area contributed by atoms with Crippen LogP contribution in [0.1, 0.15) is 30.1 Å². The van der Waals surface area contributed by atoms with E-state index < -0.39 is 0 Å². The van der Waals surface area contributed by atoms with Crippen molar-refractivity contribution in [3.05, 3.63) is 53.3 Å². The van der Waals surface area contributed by atoms with Gasteiger partial charge in [-0.1, -0.05) is 23.4 Å². The number of carbonyl (C=O) groups is 1. The molecule has 4 nitrogen and oxygen atoms in total. The highest BCUT2D eigenvalue weighted by molar-refractivity contribution is 7.99. The van der Waals surface area contributed by atoms with Crippen LogP contribution in [0.25, 0.3) is 0 Å². The summed E-state index contributed by atoms with van der Waals surface area (Å²) in [5.41, 5.74) is 0.710. The molecule has 0 radical (unpaired) electrons. The number of piperidine rings is 3. The molecule has 1 N–H and O–H groups in total. The van der Waals surface area contributed by atoms with E-state index >= 15 is 0 Å². The number of halogens is 1. The number of pyridine rings is 1. The number of aromatic nitrogens is 1. The maximum Gasteiger partial charge on any atom is 0.251 e. The van der Waals surface area contributed by atoms with E-state index in [0.29, 0.717) is 22.5 Å². The van der Waals surface area contributed by atoms with E-state index in [1.165, 1.54) is 25.9 Å². The van der Waals surface area contributed by atoms with Gasteiger partial charge in [-0.15, -0.1) is 0 Å². The molecule has 136 valence electrons. The van der Waals surface area contributed by atoms with Gasteiger partial charge in [0.25, 0.3) is 5.91 Å². The van der Waals surface area contributed by atoms with Crippen LogP contribution in [-0.2, 0) is 0 Å². The molecule has 1 aromatic heterocycles. The molecule has 2 bridgehead atoms. The van der Waals surface area contributed by atoms with Gasteiger partial charge in [0.05, 0.1) is 5.02 Å². The second-order valence-electron chi connectivity index (χ2n) is 7.08. The van der Waals surface area contributed by atoms with Gasteiger partial charge in [-0.25, -0.2) is 0 Å². The lowest BCUT2D eigenvalue weighted by Gasteiger charge is -2.49. The van der Waals surface area contributed by atoms with Crippen LogP contribution in [0, 0.1) is 5.92 Å². The normalized spacial score (nSPS) is 27.3. The van der Waals surface area contributed by atoms with Gasteiger partial charge in [0, 0.05) is 39.8 Å². The monoisotopic (exact) mass is 387 g/mol. The molecule has 3 aliphatic rings. The Kier molecular flexibility index (Phi) is 5.20. The minimum Gasteiger partial charge on any atom is -0.347 e. The fraction of sp³-hybridized carbons (Fsp3) is 0.400. The SMILES string of the molecule is C[C@H]1[C@H](NC(=O)c2ccc(Sc3cncc(Cl)c3)cc2)C2CCN1CC2. The Morgan fingerprint density at radius 1 is 1.19 bits per heavy atom. The van der Waals surface area contributed by atoms with Gasteiger partial charge >= 0.3 is 0 Å². The van der Waals surface area contributed by atoms with E-state index in [1.54, 1.807) is 24.2 Å². The van der Waals surface area contributed by atoms with Gasteiger partial charge in [0.2, 0.25) is 0 Å². The zero-order chi connectivity index (χ0) is 18.1. The lowest BCUT2D eigenvalue weighted by molar-refractivity contribution is 0.0217. The summed E-state index contributed by atoms with van der Waals surface area (Å²) in [6, 6.07) is 10.3. The van der Waals surface area contributed by atoms with E-state index in [9.17, 15) is 4.79 Å². The number of nitrogens with one attached hydrogen (secondary N) is 1. The zero-order valence-electron chi connectivity index (χ0n) is 14.7. The van der Waals surface area contributed by atoms with Crippen LogP contribution < -0.4 is 5.32 Å². The Morgan fingerprint density at radius 3 is 2.58 bits per heavy atom. The molecule has 2 atom stereocenters. The van der Waals surface area contributed by atoms with Crippen LogP contribution in [-0.4, -0.2) is 41.0 Å². The summed E-state index contributed by atoms with van der Waals surface area (Å²) in [5.74, 6) is 0.640. The van der Waals surface area contributed by atoms with Crippen molar-refractivity contribution in [3.8, 4) is 0 Å². The van der Waals surface area contributed by atoms with Crippen LogP contribution in [0.4, 0.5) is 0 Å². The van der Waals surface area contributed by atoms with E-state index in [-0.39, 0.29) is 11.9 Å². The van der Waals surface area contributed by atoms with E-state index in [1.807, 2.05) is 30.3 Å². The molecule has 0 unspecified atom stereocenters. The molecular weight excluding hydrogens is 366 g/mol. The molecule has 1 amide bonds. The third-order valence-corrected chi connectivity index (χ3v) is 6.68. The molecule has 0 spiro atoms. The summed E-state index contributed by atoms with van der Waals surface area (Å²) >= 11 is 7.56. The summed E-state index contributed by atoms with van der Waals surface area (Å²) in [4.78, 5) is 21.3. The van der Waals surface area contributed by atoms with Crippen molar-refractivity contribution in [1.29, 1.82) is 0 Å². The molecule has 3 saturated heterocycles. The van der Waals surface area contributed by atoms with Crippen molar-refractivity contribution in [2.45, 2.75) is 41.6 Å². The molecule has 0 aliphatic carbocycles. The maximum absolute atomic E-state index is 12.7. The Balaban J connectivity index is 1.41. The fourth-order valence-electron chi connectivity index (χ4n) is 4.04. The first kappa shape index (κ1) is 17.8. The van der Waals surface area contributed by atoms with E-state index in [0.717, 1.165) is 9.79 Å². The predicted molar refractivity (Wildman–Crippen MR) is 105 cm³/mol. The molecule has 2 aromatic rings. The van der Waals surface area contributed by atoms with Gasteiger partial charge in [-0.05, 0) is 69.1 Å². The first-order chi connectivity index (χ1) is 12.6. The minimum absolute atomic E-state index is 0.0246. The Hall–Kier alpha value is -1.56. The average Bonchev–Trinajstić information content (AvgIpc) is 2.65. The molecule has 5 rings (SSSR count). The highest BCUT2D eigenvalue weighted by Gasteiger charge is 2.40. The molecule has 4 heterocycles. The van der Waals surface area contributed by atoms with Crippen LogP contribution in [0.15, 0.2) is 52.5 Å².